The van der Waals surface area contributed by atoms with Crippen molar-refractivity contribution < 1.29 is 14.2 Å². The molecule has 18 heavy (non-hydrogen) atoms. The minimum atomic E-state index is 0.657. The quantitative estimate of drug-likeness (QED) is 0.771. The summed E-state index contributed by atoms with van der Waals surface area (Å²) in [6.07, 6.45) is 0. The summed E-state index contributed by atoms with van der Waals surface area (Å²) in [6.45, 7) is 7.90. The number of morpholine rings is 1. The molecule has 0 N–H and O–H groups in total. The molecule has 0 unspecified atom stereocenters. The molecule has 100 valence electrons. The minimum Gasteiger partial charge on any atom is -0.490 e. The second-order valence-electron chi connectivity index (χ2n) is 4.18. The van der Waals surface area contributed by atoms with E-state index in [4.69, 9.17) is 14.2 Å². The molecule has 0 saturated carbocycles. The zero-order chi connectivity index (χ0) is 12.6. The molecule has 4 heteroatoms. The third-order valence-corrected chi connectivity index (χ3v) is 2.92. The van der Waals surface area contributed by atoms with Gasteiger partial charge < -0.3 is 14.2 Å². The third-order valence-electron chi connectivity index (χ3n) is 2.92. The van der Waals surface area contributed by atoms with Crippen molar-refractivity contribution in [1.82, 2.24) is 4.90 Å². The first kappa shape index (κ1) is 13.2. The Balaban J connectivity index is 1.78. The summed E-state index contributed by atoms with van der Waals surface area (Å²) in [7, 11) is 0. The van der Waals surface area contributed by atoms with Gasteiger partial charge in [0.05, 0.1) is 19.8 Å². The lowest BCUT2D eigenvalue weighted by Crippen LogP contribution is -2.38. The molecule has 0 spiro atoms. The van der Waals surface area contributed by atoms with Gasteiger partial charge >= 0.3 is 0 Å². The average molecular weight is 251 g/mol. The summed E-state index contributed by atoms with van der Waals surface area (Å²) in [5.41, 5.74) is 0. The highest BCUT2D eigenvalue weighted by Crippen LogP contribution is 2.26. The first-order valence-corrected chi connectivity index (χ1v) is 6.55. The van der Waals surface area contributed by atoms with Crippen molar-refractivity contribution >= 4 is 0 Å². The fraction of sp³-hybridized carbons (Fsp3) is 0.571. The Morgan fingerprint density at radius 3 is 2.44 bits per heavy atom. The van der Waals surface area contributed by atoms with E-state index in [0.717, 1.165) is 44.3 Å². The molecule has 0 atom stereocenters. The van der Waals surface area contributed by atoms with Gasteiger partial charge in [-0.1, -0.05) is 12.1 Å². The second-order valence-corrected chi connectivity index (χ2v) is 4.18. The fourth-order valence-corrected chi connectivity index (χ4v) is 1.95. The smallest absolute Gasteiger partial charge is 0.161 e. The van der Waals surface area contributed by atoms with Crippen LogP contribution in [0.5, 0.6) is 11.5 Å². The molecule has 2 rings (SSSR count). The number of hydrogen-bond acceptors (Lipinski definition) is 4. The lowest BCUT2D eigenvalue weighted by molar-refractivity contribution is 0.0321. The van der Waals surface area contributed by atoms with Gasteiger partial charge in [-0.2, -0.15) is 0 Å². The molecule has 1 aromatic carbocycles. The molecule has 1 aliphatic rings. The summed E-state index contributed by atoms with van der Waals surface area (Å²) in [4.78, 5) is 2.35. The number of nitrogens with zero attached hydrogens (tertiary/aromatic N) is 1. The lowest BCUT2D eigenvalue weighted by Gasteiger charge is -2.26. The highest BCUT2D eigenvalue weighted by atomic mass is 16.5. The van der Waals surface area contributed by atoms with Crippen LogP contribution in [0.2, 0.25) is 0 Å². The Kier molecular flexibility index (Phi) is 5.30. The predicted octanol–water partition coefficient (Wildman–Crippen LogP) is 1.80. The molecule has 1 heterocycles. The van der Waals surface area contributed by atoms with Gasteiger partial charge in [-0.25, -0.2) is 0 Å². The van der Waals surface area contributed by atoms with Crippen LogP contribution in [0.1, 0.15) is 6.92 Å². The Hall–Kier alpha value is -1.26. The van der Waals surface area contributed by atoms with Crippen molar-refractivity contribution in [3.8, 4) is 11.5 Å². The SMILES string of the molecule is CCOc1ccccc1OCCN1CCOCC1. The molecule has 1 aromatic rings. The molecular weight excluding hydrogens is 230 g/mol. The minimum absolute atomic E-state index is 0.657. The van der Waals surface area contributed by atoms with E-state index in [1.165, 1.54) is 0 Å². The van der Waals surface area contributed by atoms with Crippen molar-refractivity contribution in [3.05, 3.63) is 24.3 Å². The van der Waals surface area contributed by atoms with Gasteiger partial charge in [0, 0.05) is 19.6 Å². The van der Waals surface area contributed by atoms with E-state index >= 15 is 0 Å². The van der Waals surface area contributed by atoms with Crippen LogP contribution in [0.25, 0.3) is 0 Å². The number of hydrogen-bond donors (Lipinski definition) is 0. The molecule has 1 aliphatic heterocycles. The van der Waals surface area contributed by atoms with E-state index in [0.29, 0.717) is 13.2 Å². The van der Waals surface area contributed by atoms with Crippen molar-refractivity contribution in [2.45, 2.75) is 6.92 Å². The molecule has 4 nitrogen and oxygen atoms in total. The second kappa shape index (κ2) is 7.24. The first-order chi connectivity index (χ1) is 8.90. The van der Waals surface area contributed by atoms with Crippen molar-refractivity contribution in [1.29, 1.82) is 0 Å². The molecule has 0 aliphatic carbocycles. The molecule has 0 amide bonds. The van der Waals surface area contributed by atoms with Gasteiger partial charge in [0.1, 0.15) is 6.61 Å². The standard InChI is InChI=1S/C14H21NO3/c1-2-17-13-5-3-4-6-14(13)18-12-9-15-7-10-16-11-8-15/h3-6H,2,7-12H2,1H3. The van der Waals surface area contributed by atoms with Gasteiger partial charge in [-0.05, 0) is 19.1 Å². The molecule has 0 aromatic heterocycles. The summed E-state index contributed by atoms with van der Waals surface area (Å²) in [6, 6.07) is 7.81. The van der Waals surface area contributed by atoms with E-state index in [2.05, 4.69) is 4.90 Å². The van der Waals surface area contributed by atoms with Crippen LogP contribution in [0.4, 0.5) is 0 Å². The first-order valence-electron chi connectivity index (χ1n) is 6.55. The van der Waals surface area contributed by atoms with Crippen LogP contribution >= 0.6 is 0 Å². The molecule has 1 fully saturated rings. The maximum absolute atomic E-state index is 5.78. The van der Waals surface area contributed by atoms with Crippen molar-refractivity contribution in [2.75, 3.05) is 46.1 Å². The molecular formula is C14H21NO3. The van der Waals surface area contributed by atoms with Crippen LogP contribution in [-0.4, -0.2) is 51.0 Å². The maximum atomic E-state index is 5.78. The third kappa shape index (κ3) is 3.89. The maximum Gasteiger partial charge on any atom is 0.161 e. The number of ether oxygens (including phenoxy) is 3. The van der Waals surface area contributed by atoms with E-state index in [-0.39, 0.29) is 0 Å². The van der Waals surface area contributed by atoms with E-state index in [9.17, 15) is 0 Å². The number of rotatable bonds is 6. The van der Waals surface area contributed by atoms with Crippen molar-refractivity contribution in [2.24, 2.45) is 0 Å². The van der Waals surface area contributed by atoms with Gasteiger partial charge in [0.2, 0.25) is 0 Å². The van der Waals surface area contributed by atoms with E-state index in [1.807, 2.05) is 31.2 Å². The van der Waals surface area contributed by atoms with E-state index < -0.39 is 0 Å². The summed E-state index contributed by atoms with van der Waals surface area (Å²) in [5, 5.41) is 0. The zero-order valence-electron chi connectivity index (χ0n) is 10.9. The highest BCUT2D eigenvalue weighted by molar-refractivity contribution is 5.39. The van der Waals surface area contributed by atoms with Crippen LogP contribution in [0, 0.1) is 0 Å². The van der Waals surface area contributed by atoms with Crippen LogP contribution in [0.3, 0.4) is 0 Å². The molecule has 1 saturated heterocycles. The summed E-state index contributed by atoms with van der Waals surface area (Å²) in [5.74, 6) is 1.65. The van der Waals surface area contributed by atoms with Gasteiger partial charge in [-0.15, -0.1) is 0 Å². The van der Waals surface area contributed by atoms with Crippen LogP contribution in [0.15, 0.2) is 24.3 Å². The Labute approximate surface area is 108 Å². The fourth-order valence-electron chi connectivity index (χ4n) is 1.95. The Morgan fingerprint density at radius 2 is 1.78 bits per heavy atom. The normalized spacial score (nSPS) is 16.5. The largest absolute Gasteiger partial charge is 0.490 e. The Morgan fingerprint density at radius 1 is 1.11 bits per heavy atom. The van der Waals surface area contributed by atoms with Gasteiger partial charge in [-0.3, -0.25) is 4.90 Å². The Bertz CT molecular complexity index is 351. The van der Waals surface area contributed by atoms with Crippen molar-refractivity contribution in [3.63, 3.8) is 0 Å². The van der Waals surface area contributed by atoms with Crippen LogP contribution < -0.4 is 9.47 Å². The highest BCUT2D eigenvalue weighted by Gasteiger charge is 2.10. The summed E-state index contributed by atoms with van der Waals surface area (Å²) >= 11 is 0. The zero-order valence-corrected chi connectivity index (χ0v) is 10.9. The van der Waals surface area contributed by atoms with Gasteiger partial charge in [0.25, 0.3) is 0 Å². The van der Waals surface area contributed by atoms with Crippen LogP contribution in [-0.2, 0) is 4.74 Å². The van der Waals surface area contributed by atoms with Gasteiger partial charge in [0.15, 0.2) is 11.5 Å². The topological polar surface area (TPSA) is 30.9 Å². The monoisotopic (exact) mass is 251 g/mol. The molecule has 0 radical (unpaired) electrons. The number of benzene rings is 1. The lowest BCUT2D eigenvalue weighted by atomic mass is 10.3. The number of para-hydroxylation sites is 2. The van der Waals surface area contributed by atoms with E-state index in [1.54, 1.807) is 0 Å². The predicted molar refractivity (Wildman–Crippen MR) is 70.4 cm³/mol. The molecule has 0 bridgehead atoms. The average Bonchev–Trinajstić information content (AvgIpc) is 2.42. The summed E-state index contributed by atoms with van der Waals surface area (Å²) < 4.78 is 16.6.